The molecular formula is C20H31N3O4S. The van der Waals surface area contributed by atoms with Crippen molar-refractivity contribution in [1.82, 2.24) is 14.1 Å². The Balaban J connectivity index is 1.55. The molecule has 156 valence electrons. The highest BCUT2D eigenvalue weighted by Gasteiger charge is 2.31. The number of nitrogens with zero attached hydrogens (tertiary/aromatic N) is 3. The zero-order valence-electron chi connectivity index (χ0n) is 16.8. The number of rotatable bonds is 6. The first-order chi connectivity index (χ1) is 13.5. The highest BCUT2D eigenvalue weighted by atomic mass is 32.2. The third-order valence-electron chi connectivity index (χ3n) is 5.81. The molecule has 1 aromatic carbocycles. The highest BCUT2D eigenvalue weighted by molar-refractivity contribution is 7.89. The number of piperidine rings is 1. The van der Waals surface area contributed by atoms with Gasteiger partial charge in [-0.15, -0.1) is 0 Å². The Morgan fingerprint density at radius 3 is 2.36 bits per heavy atom. The van der Waals surface area contributed by atoms with Crippen LogP contribution in [0.15, 0.2) is 29.2 Å². The predicted octanol–water partition coefficient (Wildman–Crippen LogP) is 1.79. The van der Waals surface area contributed by atoms with Crippen LogP contribution in [0.25, 0.3) is 0 Å². The van der Waals surface area contributed by atoms with Crippen molar-refractivity contribution in [2.45, 2.75) is 43.5 Å². The van der Waals surface area contributed by atoms with Gasteiger partial charge < -0.3 is 9.64 Å². The average molecular weight is 410 g/mol. The zero-order valence-corrected chi connectivity index (χ0v) is 17.7. The molecule has 2 saturated heterocycles. The molecule has 0 aliphatic carbocycles. The van der Waals surface area contributed by atoms with E-state index in [0.29, 0.717) is 44.5 Å². The Kier molecular flexibility index (Phi) is 6.95. The fourth-order valence-electron chi connectivity index (χ4n) is 4.06. The largest absolute Gasteiger partial charge is 0.497 e. The molecule has 2 heterocycles. The first-order valence-electron chi connectivity index (χ1n) is 10.1. The van der Waals surface area contributed by atoms with Crippen molar-refractivity contribution in [2.24, 2.45) is 0 Å². The molecule has 0 saturated carbocycles. The Bertz CT molecular complexity index is 758. The number of piperazine rings is 1. The quantitative estimate of drug-likeness (QED) is 0.717. The number of benzene rings is 1. The van der Waals surface area contributed by atoms with Crippen LogP contribution in [0.3, 0.4) is 0 Å². The summed E-state index contributed by atoms with van der Waals surface area (Å²) in [5, 5.41) is 0. The molecule has 2 aliphatic rings. The van der Waals surface area contributed by atoms with Crippen LogP contribution in [-0.4, -0.2) is 80.9 Å². The van der Waals surface area contributed by atoms with Gasteiger partial charge in [0.05, 0.1) is 18.6 Å². The van der Waals surface area contributed by atoms with E-state index in [1.54, 1.807) is 31.4 Å². The minimum absolute atomic E-state index is 0.179. The van der Waals surface area contributed by atoms with Gasteiger partial charge in [-0.1, -0.05) is 6.92 Å². The van der Waals surface area contributed by atoms with Crippen molar-refractivity contribution < 1.29 is 17.9 Å². The van der Waals surface area contributed by atoms with Crippen LogP contribution in [0.4, 0.5) is 0 Å². The van der Waals surface area contributed by atoms with E-state index < -0.39 is 10.0 Å². The van der Waals surface area contributed by atoms with Gasteiger partial charge in [-0.2, -0.15) is 4.31 Å². The summed E-state index contributed by atoms with van der Waals surface area (Å²) >= 11 is 0. The molecule has 0 aromatic heterocycles. The maximum absolute atomic E-state index is 12.8. The maximum atomic E-state index is 12.8. The number of hydrogen-bond acceptors (Lipinski definition) is 5. The number of methoxy groups -OCH3 is 1. The molecule has 1 aromatic rings. The summed E-state index contributed by atoms with van der Waals surface area (Å²) in [6.07, 6.45) is 4.37. The molecule has 0 spiro atoms. The molecule has 28 heavy (non-hydrogen) atoms. The summed E-state index contributed by atoms with van der Waals surface area (Å²) < 4.78 is 32.3. The smallest absolute Gasteiger partial charge is 0.243 e. The molecule has 1 amide bonds. The van der Waals surface area contributed by atoms with Gasteiger partial charge in [0.15, 0.2) is 0 Å². The zero-order chi connectivity index (χ0) is 20.1. The van der Waals surface area contributed by atoms with Crippen molar-refractivity contribution in [2.75, 3.05) is 46.4 Å². The van der Waals surface area contributed by atoms with E-state index in [0.717, 1.165) is 25.8 Å². The predicted molar refractivity (Wildman–Crippen MR) is 108 cm³/mol. The van der Waals surface area contributed by atoms with Crippen LogP contribution >= 0.6 is 0 Å². The second kappa shape index (κ2) is 9.24. The van der Waals surface area contributed by atoms with Crippen LogP contribution < -0.4 is 4.74 Å². The van der Waals surface area contributed by atoms with Crippen LogP contribution in [-0.2, 0) is 14.8 Å². The molecule has 1 atom stereocenters. The number of amides is 1. The minimum atomic E-state index is -3.52. The second-order valence-electron chi connectivity index (χ2n) is 7.50. The van der Waals surface area contributed by atoms with Gasteiger partial charge in [-0.25, -0.2) is 8.42 Å². The van der Waals surface area contributed by atoms with E-state index in [2.05, 4.69) is 11.8 Å². The van der Waals surface area contributed by atoms with Crippen LogP contribution in [0.1, 0.15) is 32.6 Å². The lowest BCUT2D eigenvalue weighted by atomic mass is 10.00. The lowest BCUT2D eigenvalue weighted by Crippen LogP contribution is -2.53. The highest BCUT2D eigenvalue weighted by Crippen LogP contribution is 2.22. The Morgan fingerprint density at radius 2 is 1.75 bits per heavy atom. The van der Waals surface area contributed by atoms with Gasteiger partial charge in [0.1, 0.15) is 5.75 Å². The van der Waals surface area contributed by atoms with Gasteiger partial charge in [-0.05, 0) is 49.9 Å². The number of hydrogen-bond donors (Lipinski definition) is 0. The molecule has 8 heteroatoms. The summed E-state index contributed by atoms with van der Waals surface area (Å²) in [6.45, 7) is 5.32. The topological polar surface area (TPSA) is 70.2 Å². The molecule has 3 rings (SSSR count). The van der Waals surface area contributed by atoms with Gasteiger partial charge in [0, 0.05) is 38.8 Å². The summed E-state index contributed by atoms with van der Waals surface area (Å²) in [7, 11) is -1.96. The standard InChI is InChI=1S/C20H31N3O4S/c1-3-17-6-4-5-11-23(17)20(24)16-21-12-14-22(15-13-21)28(25,26)19-9-7-18(27-2)8-10-19/h7-10,17H,3-6,11-16H2,1-2H3/t17-/m0/s1. The normalized spacial score (nSPS) is 22.2. The fraction of sp³-hybridized carbons (Fsp3) is 0.650. The van der Waals surface area contributed by atoms with Crippen molar-refractivity contribution in [1.29, 1.82) is 0 Å². The average Bonchev–Trinajstić information content (AvgIpc) is 2.74. The minimum Gasteiger partial charge on any atom is -0.497 e. The van der Waals surface area contributed by atoms with E-state index in [1.165, 1.54) is 10.7 Å². The molecule has 0 unspecified atom stereocenters. The van der Waals surface area contributed by atoms with E-state index in [1.807, 2.05) is 4.90 Å². The number of ether oxygens (including phenoxy) is 1. The molecule has 0 bridgehead atoms. The first-order valence-corrected chi connectivity index (χ1v) is 11.6. The molecular weight excluding hydrogens is 378 g/mol. The first kappa shape index (κ1) is 21.1. The third kappa shape index (κ3) is 4.67. The fourth-order valence-corrected chi connectivity index (χ4v) is 5.48. The second-order valence-corrected chi connectivity index (χ2v) is 9.44. The van der Waals surface area contributed by atoms with Gasteiger partial charge in [0.2, 0.25) is 15.9 Å². The lowest BCUT2D eigenvalue weighted by molar-refractivity contribution is -0.136. The Morgan fingerprint density at radius 1 is 1.07 bits per heavy atom. The van der Waals surface area contributed by atoms with Crippen molar-refractivity contribution in [3.63, 3.8) is 0 Å². The van der Waals surface area contributed by atoms with Gasteiger partial charge >= 0.3 is 0 Å². The number of carbonyl (C=O) groups is 1. The molecule has 2 aliphatic heterocycles. The Labute approximate surface area is 168 Å². The van der Waals surface area contributed by atoms with Crippen molar-refractivity contribution >= 4 is 15.9 Å². The summed E-state index contributed by atoms with van der Waals surface area (Å²) in [6, 6.07) is 6.82. The summed E-state index contributed by atoms with van der Waals surface area (Å²) in [5.74, 6) is 0.809. The number of likely N-dealkylation sites (tertiary alicyclic amines) is 1. The van der Waals surface area contributed by atoms with E-state index in [9.17, 15) is 13.2 Å². The summed E-state index contributed by atoms with van der Waals surface area (Å²) in [5.41, 5.74) is 0. The number of carbonyl (C=O) groups excluding carboxylic acids is 1. The van der Waals surface area contributed by atoms with E-state index in [4.69, 9.17) is 4.74 Å². The van der Waals surface area contributed by atoms with Crippen molar-refractivity contribution in [3.05, 3.63) is 24.3 Å². The van der Waals surface area contributed by atoms with Crippen molar-refractivity contribution in [3.8, 4) is 5.75 Å². The number of sulfonamides is 1. The van der Waals surface area contributed by atoms with Gasteiger partial charge in [-0.3, -0.25) is 9.69 Å². The molecule has 0 N–H and O–H groups in total. The molecule has 7 nitrogen and oxygen atoms in total. The molecule has 2 fully saturated rings. The van der Waals surface area contributed by atoms with Crippen LogP contribution in [0.2, 0.25) is 0 Å². The molecule has 0 radical (unpaired) electrons. The van der Waals surface area contributed by atoms with Crippen LogP contribution in [0, 0.1) is 0 Å². The van der Waals surface area contributed by atoms with E-state index >= 15 is 0 Å². The van der Waals surface area contributed by atoms with Crippen LogP contribution in [0.5, 0.6) is 5.75 Å². The maximum Gasteiger partial charge on any atom is 0.243 e. The third-order valence-corrected chi connectivity index (χ3v) is 7.72. The van der Waals surface area contributed by atoms with Gasteiger partial charge in [0.25, 0.3) is 0 Å². The lowest BCUT2D eigenvalue weighted by Gasteiger charge is -2.38. The monoisotopic (exact) mass is 409 g/mol. The Hall–Kier alpha value is -1.64. The summed E-state index contributed by atoms with van der Waals surface area (Å²) in [4.78, 5) is 17.1. The van der Waals surface area contributed by atoms with E-state index in [-0.39, 0.29) is 10.8 Å². The SMILES string of the molecule is CC[C@H]1CCCCN1C(=O)CN1CCN(S(=O)(=O)c2ccc(OC)cc2)CC1.